The maximum absolute atomic E-state index is 12.8. The van der Waals surface area contributed by atoms with Gasteiger partial charge in [0.2, 0.25) is 21.7 Å². The van der Waals surface area contributed by atoms with Crippen LogP contribution in [0.25, 0.3) is 10.7 Å². The number of thiophene rings is 1. The van der Waals surface area contributed by atoms with Crippen LogP contribution in [-0.4, -0.2) is 23.8 Å². The van der Waals surface area contributed by atoms with Gasteiger partial charge in [-0.3, -0.25) is 4.72 Å². The summed E-state index contributed by atoms with van der Waals surface area (Å²) in [5.74, 6) is 1.02. The minimum Gasteiger partial charge on any atom is -0.339 e. The lowest BCUT2D eigenvalue weighted by Crippen LogP contribution is -2.30. The Balaban J connectivity index is 1.53. The van der Waals surface area contributed by atoms with E-state index in [1.807, 2.05) is 35.7 Å². The molecule has 0 aliphatic heterocycles. The monoisotopic (exact) mass is 403 g/mol. The van der Waals surface area contributed by atoms with Crippen molar-refractivity contribution in [1.29, 1.82) is 0 Å². The van der Waals surface area contributed by atoms with Crippen molar-refractivity contribution in [2.45, 2.75) is 43.8 Å². The molecule has 1 aliphatic rings. The lowest BCUT2D eigenvalue weighted by Gasteiger charge is -2.23. The molecule has 6 nitrogen and oxygen atoms in total. The summed E-state index contributed by atoms with van der Waals surface area (Å²) >= 11 is 1.55. The number of benzene rings is 1. The highest BCUT2D eigenvalue weighted by Crippen LogP contribution is 2.28. The highest BCUT2D eigenvalue weighted by atomic mass is 32.2. The minimum absolute atomic E-state index is 0.312. The summed E-state index contributed by atoms with van der Waals surface area (Å²) in [4.78, 5) is 5.37. The smallest absolute Gasteiger partial charge is 0.235 e. The van der Waals surface area contributed by atoms with Gasteiger partial charge in [-0.2, -0.15) is 4.98 Å². The lowest BCUT2D eigenvalue weighted by molar-refractivity contribution is 0.386. The first-order chi connectivity index (χ1) is 13.1. The summed E-state index contributed by atoms with van der Waals surface area (Å²) in [7, 11) is -3.40. The van der Waals surface area contributed by atoms with Crippen molar-refractivity contribution in [2.24, 2.45) is 0 Å². The standard InChI is InChI=1S/C19H21N3O3S2/c23-27(24,15-8-2-1-3-9-15)22-16-10-5-4-7-14(16)13-18-20-19(21-25-18)17-11-6-12-26-17/h4-7,10-12,15,22H,1-3,8-9,13H2. The van der Waals surface area contributed by atoms with Gasteiger partial charge in [-0.1, -0.05) is 48.7 Å². The molecular weight excluding hydrogens is 382 g/mol. The van der Waals surface area contributed by atoms with E-state index in [-0.39, 0.29) is 5.25 Å². The van der Waals surface area contributed by atoms with Gasteiger partial charge < -0.3 is 4.52 Å². The van der Waals surface area contributed by atoms with Crippen LogP contribution < -0.4 is 4.72 Å². The molecule has 0 spiro atoms. The molecule has 0 unspecified atom stereocenters. The van der Waals surface area contributed by atoms with Crippen LogP contribution in [0, 0.1) is 0 Å². The van der Waals surface area contributed by atoms with Crippen LogP contribution in [0.3, 0.4) is 0 Å². The van der Waals surface area contributed by atoms with Crippen molar-refractivity contribution in [1.82, 2.24) is 10.1 Å². The zero-order valence-corrected chi connectivity index (χ0v) is 16.4. The van der Waals surface area contributed by atoms with E-state index in [0.29, 0.717) is 23.8 Å². The Labute approximate surface area is 162 Å². The highest BCUT2D eigenvalue weighted by molar-refractivity contribution is 7.93. The molecule has 1 N–H and O–H groups in total. The van der Waals surface area contributed by atoms with Crippen LogP contribution in [0.4, 0.5) is 5.69 Å². The number of aromatic nitrogens is 2. The fourth-order valence-electron chi connectivity index (χ4n) is 3.38. The molecule has 2 heterocycles. The number of rotatable bonds is 6. The summed E-state index contributed by atoms with van der Waals surface area (Å²) < 4.78 is 33.7. The van der Waals surface area contributed by atoms with Crippen molar-refractivity contribution in [2.75, 3.05) is 4.72 Å². The molecule has 1 saturated carbocycles. The Bertz CT molecular complexity index is 991. The van der Waals surface area contributed by atoms with Gasteiger partial charge in [0.25, 0.3) is 0 Å². The zero-order valence-electron chi connectivity index (χ0n) is 14.8. The van der Waals surface area contributed by atoms with Crippen LogP contribution in [0.1, 0.15) is 43.6 Å². The van der Waals surface area contributed by atoms with Crippen LogP contribution in [0.5, 0.6) is 0 Å². The first-order valence-corrected chi connectivity index (χ1v) is 11.5. The predicted octanol–water partition coefficient (Wildman–Crippen LogP) is 4.46. The fourth-order valence-corrected chi connectivity index (χ4v) is 5.66. The second-order valence-electron chi connectivity index (χ2n) is 6.73. The number of hydrogen-bond acceptors (Lipinski definition) is 6. The Morgan fingerprint density at radius 3 is 2.70 bits per heavy atom. The Morgan fingerprint density at radius 2 is 1.93 bits per heavy atom. The number of nitrogens with one attached hydrogen (secondary N) is 1. The molecule has 142 valence electrons. The molecule has 1 aromatic carbocycles. The summed E-state index contributed by atoms with van der Waals surface area (Å²) in [6.07, 6.45) is 4.89. The lowest BCUT2D eigenvalue weighted by atomic mass is 10.0. The van der Waals surface area contributed by atoms with E-state index < -0.39 is 10.0 Å². The summed E-state index contributed by atoms with van der Waals surface area (Å²) in [6, 6.07) is 11.2. The van der Waals surface area contributed by atoms with Crippen LogP contribution in [-0.2, 0) is 16.4 Å². The first-order valence-electron chi connectivity index (χ1n) is 9.08. The van der Waals surface area contributed by atoms with Crippen molar-refractivity contribution < 1.29 is 12.9 Å². The van der Waals surface area contributed by atoms with Crippen molar-refractivity contribution in [3.63, 3.8) is 0 Å². The molecular formula is C19H21N3O3S2. The topological polar surface area (TPSA) is 85.1 Å². The van der Waals surface area contributed by atoms with E-state index in [0.717, 1.165) is 42.5 Å². The van der Waals surface area contributed by atoms with E-state index in [9.17, 15) is 8.42 Å². The Kier molecular flexibility index (Phi) is 5.27. The molecule has 0 amide bonds. The maximum Gasteiger partial charge on any atom is 0.235 e. The molecule has 0 radical (unpaired) electrons. The summed E-state index contributed by atoms with van der Waals surface area (Å²) in [6.45, 7) is 0. The molecule has 1 fully saturated rings. The second kappa shape index (κ2) is 7.82. The van der Waals surface area contributed by atoms with Gasteiger partial charge in [0.15, 0.2) is 0 Å². The normalized spacial score (nSPS) is 15.7. The average molecular weight is 404 g/mol. The van der Waals surface area contributed by atoms with E-state index >= 15 is 0 Å². The van der Waals surface area contributed by atoms with Gasteiger partial charge in [0.1, 0.15) is 0 Å². The third-order valence-corrected chi connectivity index (χ3v) is 7.53. The van der Waals surface area contributed by atoms with Crippen LogP contribution in [0.15, 0.2) is 46.3 Å². The van der Waals surface area contributed by atoms with Gasteiger partial charge in [0, 0.05) is 0 Å². The number of para-hydroxylation sites is 1. The molecule has 0 atom stereocenters. The van der Waals surface area contributed by atoms with E-state index in [1.54, 1.807) is 17.4 Å². The molecule has 0 saturated heterocycles. The molecule has 1 aliphatic carbocycles. The Hall–Kier alpha value is -2.19. The molecule has 0 bridgehead atoms. The molecule has 8 heteroatoms. The quantitative estimate of drug-likeness (QED) is 0.657. The molecule has 3 aromatic rings. The third-order valence-electron chi connectivity index (χ3n) is 4.81. The number of hydrogen-bond donors (Lipinski definition) is 1. The van der Waals surface area contributed by atoms with Gasteiger partial charge in [-0.25, -0.2) is 8.42 Å². The Morgan fingerprint density at radius 1 is 1.11 bits per heavy atom. The molecule has 4 rings (SSSR count). The summed E-state index contributed by atoms with van der Waals surface area (Å²) in [5, 5.41) is 5.67. The van der Waals surface area contributed by atoms with Gasteiger partial charge in [0.05, 0.1) is 22.2 Å². The number of anilines is 1. The average Bonchev–Trinajstić information content (AvgIpc) is 3.35. The SMILES string of the molecule is O=S(=O)(Nc1ccccc1Cc1nc(-c2cccs2)no1)C1CCCCC1. The van der Waals surface area contributed by atoms with E-state index in [1.165, 1.54) is 0 Å². The van der Waals surface area contributed by atoms with Gasteiger partial charge >= 0.3 is 0 Å². The largest absolute Gasteiger partial charge is 0.339 e. The van der Waals surface area contributed by atoms with Gasteiger partial charge in [-0.05, 0) is 35.9 Å². The molecule has 2 aromatic heterocycles. The first kappa shape index (κ1) is 18.2. The zero-order chi connectivity index (χ0) is 18.7. The van der Waals surface area contributed by atoms with Crippen molar-refractivity contribution in [3.05, 3.63) is 53.2 Å². The van der Waals surface area contributed by atoms with Crippen LogP contribution >= 0.6 is 11.3 Å². The number of sulfonamides is 1. The predicted molar refractivity (Wildman–Crippen MR) is 106 cm³/mol. The molecule has 27 heavy (non-hydrogen) atoms. The number of nitrogens with zero attached hydrogens (tertiary/aromatic N) is 2. The second-order valence-corrected chi connectivity index (χ2v) is 9.64. The van der Waals surface area contributed by atoms with E-state index in [4.69, 9.17) is 4.52 Å². The van der Waals surface area contributed by atoms with Crippen molar-refractivity contribution in [3.8, 4) is 10.7 Å². The third kappa shape index (κ3) is 4.22. The minimum atomic E-state index is -3.40. The van der Waals surface area contributed by atoms with E-state index in [2.05, 4.69) is 14.9 Å². The maximum atomic E-state index is 12.8. The van der Waals surface area contributed by atoms with Crippen molar-refractivity contribution >= 4 is 27.0 Å². The summed E-state index contributed by atoms with van der Waals surface area (Å²) in [5.41, 5.74) is 1.40. The van der Waals surface area contributed by atoms with Crippen LogP contribution in [0.2, 0.25) is 0 Å². The fraction of sp³-hybridized carbons (Fsp3) is 0.368. The van der Waals surface area contributed by atoms with Gasteiger partial charge in [-0.15, -0.1) is 11.3 Å². The highest BCUT2D eigenvalue weighted by Gasteiger charge is 2.27.